The lowest BCUT2D eigenvalue weighted by Crippen LogP contribution is -2.52. The number of rotatable bonds is 5. The summed E-state index contributed by atoms with van der Waals surface area (Å²) in [6.07, 6.45) is 0. The molecule has 0 atom stereocenters. The molecule has 0 fully saturated rings. The minimum absolute atomic E-state index is 0.0316. The molecular formula is C13H19N3O2. The highest BCUT2D eigenvalue weighted by atomic mass is 16.2. The van der Waals surface area contributed by atoms with E-state index in [0.29, 0.717) is 0 Å². The molecule has 1 rings (SSSR count). The SMILES string of the molecule is Cc1cccc(NC(=O)CNC(C)(C)C(N)=O)c1. The van der Waals surface area contributed by atoms with Crippen LogP contribution in [0.5, 0.6) is 0 Å². The fourth-order valence-electron chi connectivity index (χ4n) is 1.32. The summed E-state index contributed by atoms with van der Waals surface area (Å²) in [6.45, 7) is 5.25. The lowest BCUT2D eigenvalue weighted by Gasteiger charge is -2.21. The number of benzene rings is 1. The molecular weight excluding hydrogens is 230 g/mol. The van der Waals surface area contributed by atoms with E-state index in [0.717, 1.165) is 11.3 Å². The normalized spacial score (nSPS) is 11.1. The van der Waals surface area contributed by atoms with Crippen LogP contribution in [0.4, 0.5) is 5.69 Å². The summed E-state index contributed by atoms with van der Waals surface area (Å²) in [5.41, 5.74) is 6.10. The lowest BCUT2D eigenvalue weighted by atomic mass is 10.1. The lowest BCUT2D eigenvalue weighted by molar-refractivity contribution is -0.123. The Balaban J connectivity index is 2.50. The number of carbonyl (C=O) groups is 2. The van der Waals surface area contributed by atoms with Crippen molar-refractivity contribution in [3.05, 3.63) is 29.8 Å². The van der Waals surface area contributed by atoms with Crippen molar-refractivity contribution < 1.29 is 9.59 Å². The largest absolute Gasteiger partial charge is 0.368 e. The zero-order valence-corrected chi connectivity index (χ0v) is 10.9. The third-order valence-corrected chi connectivity index (χ3v) is 2.61. The molecule has 98 valence electrons. The Kier molecular flexibility index (Phi) is 4.44. The van der Waals surface area contributed by atoms with E-state index in [1.165, 1.54) is 0 Å². The molecule has 0 aromatic heterocycles. The maximum Gasteiger partial charge on any atom is 0.238 e. The zero-order chi connectivity index (χ0) is 13.8. The van der Waals surface area contributed by atoms with Gasteiger partial charge in [0.15, 0.2) is 0 Å². The first kappa shape index (κ1) is 14.2. The molecule has 1 aromatic rings. The van der Waals surface area contributed by atoms with Crippen LogP contribution in [0.3, 0.4) is 0 Å². The molecule has 0 saturated carbocycles. The van der Waals surface area contributed by atoms with Crippen molar-refractivity contribution in [1.82, 2.24) is 5.32 Å². The van der Waals surface area contributed by atoms with Crippen LogP contribution in [0.15, 0.2) is 24.3 Å². The van der Waals surface area contributed by atoms with Gasteiger partial charge < -0.3 is 11.1 Å². The van der Waals surface area contributed by atoms with Crippen molar-refractivity contribution >= 4 is 17.5 Å². The summed E-state index contributed by atoms with van der Waals surface area (Å²) < 4.78 is 0. The Morgan fingerprint density at radius 3 is 2.56 bits per heavy atom. The second kappa shape index (κ2) is 5.64. The van der Waals surface area contributed by atoms with Crippen LogP contribution in [0.2, 0.25) is 0 Å². The molecule has 0 heterocycles. The van der Waals surface area contributed by atoms with Gasteiger partial charge in [0.2, 0.25) is 11.8 Å². The van der Waals surface area contributed by atoms with Gasteiger partial charge in [-0.15, -0.1) is 0 Å². The molecule has 5 nitrogen and oxygen atoms in total. The summed E-state index contributed by atoms with van der Waals surface area (Å²) in [5, 5.41) is 5.55. The van der Waals surface area contributed by atoms with Crippen molar-refractivity contribution in [1.29, 1.82) is 0 Å². The van der Waals surface area contributed by atoms with E-state index in [9.17, 15) is 9.59 Å². The summed E-state index contributed by atoms with van der Waals surface area (Å²) in [4.78, 5) is 22.7. The predicted molar refractivity (Wildman–Crippen MR) is 71.1 cm³/mol. The Morgan fingerprint density at radius 1 is 1.33 bits per heavy atom. The average molecular weight is 249 g/mol. The number of carbonyl (C=O) groups excluding carboxylic acids is 2. The predicted octanol–water partition coefficient (Wildman–Crippen LogP) is 0.787. The smallest absolute Gasteiger partial charge is 0.238 e. The molecule has 0 saturated heterocycles. The van der Waals surface area contributed by atoms with E-state index in [4.69, 9.17) is 5.73 Å². The maximum atomic E-state index is 11.7. The molecule has 0 aliphatic carbocycles. The van der Waals surface area contributed by atoms with Crippen LogP contribution in [0.1, 0.15) is 19.4 Å². The number of anilines is 1. The molecule has 0 unspecified atom stereocenters. The van der Waals surface area contributed by atoms with Gasteiger partial charge in [0.1, 0.15) is 0 Å². The van der Waals surface area contributed by atoms with Gasteiger partial charge in [0.05, 0.1) is 12.1 Å². The second-order valence-electron chi connectivity index (χ2n) is 4.76. The first-order chi connectivity index (χ1) is 8.31. The molecule has 0 spiro atoms. The van der Waals surface area contributed by atoms with E-state index < -0.39 is 11.4 Å². The van der Waals surface area contributed by atoms with Crippen molar-refractivity contribution in [2.75, 3.05) is 11.9 Å². The highest BCUT2D eigenvalue weighted by Gasteiger charge is 2.24. The number of nitrogens with one attached hydrogen (secondary N) is 2. The van der Waals surface area contributed by atoms with E-state index in [-0.39, 0.29) is 12.5 Å². The second-order valence-corrected chi connectivity index (χ2v) is 4.76. The van der Waals surface area contributed by atoms with Crippen LogP contribution < -0.4 is 16.4 Å². The quantitative estimate of drug-likeness (QED) is 0.721. The van der Waals surface area contributed by atoms with Gasteiger partial charge in [-0.3, -0.25) is 14.9 Å². The number of nitrogens with two attached hydrogens (primary N) is 1. The fraction of sp³-hybridized carbons (Fsp3) is 0.385. The van der Waals surface area contributed by atoms with E-state index in [1.807, 2.05) is 31.2 Å². The van der Waals surface area contributed by atoms with Gasteiger partial charge in [-0.2, -0.15) is 0 Å². The van der Waals surface area contributed by atoms with Gasteiger partial charge >= 0.3 is 0 Å². The zero-order valence-electron chi connectivity index (χ0n) is 10.9. The Hall–Kier alpha value is -1.88. The van der Waals surface area contributed by atoms with Crippen molar-refractivity contribution in [2.24, 2.45) is 5.73 Å². The number of aryl methyl sites for hydroxylation is 1. The minimum Gasteiger partial charge on any atom is -0.368 e. The fourth-order valence-corrected chi connectivity index (χ4v) is 1.32. The number of amides is 2. The van der Waals surface area contributed by atoms with Crippen molar-refractivity contribution in [3.8, 4) is 0 Å². The Labute approximate surface area is 107 Å². The highest BCUT2D eigenvalue weighted by Crippen LogP contribution is 2.09. The van der Waals surface area contributed by atoms with E-state index in [2.05, 4.69) is 10.6 Å². The molecule has 18 heavy (non-hydrogen) atoms. The first-order valence-electron chi connectivity index (χ1n) is 5.73. The maximum absolute atomic E-state index is 11.7. The van der Waals surface area contributed by atoms with Crippen LogP contribution >= 0.6 is 0 Å². The molecule has 0 aliphatic rings. The molecule has 0 bridgehead atoms. The van der Waals surface area contributed by atoms with Gasteiger partial charge in [-0.1, -0.05) is 12.1 Å². The van der Waals surface area contributed by atoms with Crippen molar-refractivity contribution in [2.45, 2.75) is 26.3 Å². The van der Waals surface area contributed by atoms with E-state index >= 15 is 0 Å². The van der Waals surface area contributed by atoms with Crippen LogP contribution in [-0.4, -0.2) is 23.9 Å². The topological polar surface area (TPSA) is 84.2 Å². The monoisotopic (exact) mass is 249 g/mol. The molecule has 0 radical (unpaired) electrons. The summed E-state index contributed by atoms with van der Waals surface area (Å²) in [5.74, 6) is -0.708. The molecule has 0 aliphatic heterocycles. The summed E-state index contributed by atoms with van der Waals surface area (Å²) in [6, 6.07) is 7.50. The molecule has 2 amide bonds. The third-order valence-electron chi connectivity index (χ3n) is 2.61. The Morgan fingerprint density at radius 2 is 2.00 bits per heavy atom. The number of hydrogen-bond acceptors (Lipinski definition) is 3. The van der Waals surface area contributed by atoms with Crippen LogP contribution in [0.25, 0.3) is 0 Å². The number of primary amides is 1. The molecule has 1 aromatic carbocycles. The van der Waals surface area contributed by atoms with Gasteiger partial charge in [-0.25, -0.2) is 0 Å². The van der Waals surface area contributed by atoms with Crippen LogP contribution in [0, 0.1) is 6.92 Å². The van der Waals surface area contributed by atoms with Gasteiger partial charge in [-0.05, 0) is 38.5 Å². The average Bonchev–Trinajstić information content (AvgIpc) is 2.26. The van der Waals surface area contributed by atoms with Gasteiger partial charge in [0.25, 0.3) is 0 Å². The third kappa shape index (κ3) is 4.18. The summed E-state index contributed by atoms with van der Waals surface area (Å²) >= 11 is 0. The summed E-state index contributed by atoms with van der Waals surface area (Å²) in [7, 11) is 0. The van der Waals surface area contributed by atoms with Gasteiger partial charge in [0, 0.05) is 5.69 Å². The Bertz CT molecular complexity index is 455. The minimum atomic E-state index is -0.899. The first-order valence-corrected chi connectivity index (χ1v) is 5.73. The number of hydrogen-bond donors (Lipinski definition) is 3. The van der Waals surface area contributed by atoms with Crippen molar-refractivity contribution in [3.63, 3.8) is 0 Å². The standard InChI is InChI=1S/C13H19N3O2/c1-9-5-4-6-10(7-9)16-11(17)8-15-13(2,3)12(14)18/h4-7,15H,8H2,1-3H3,(H2,14,18)(H,16,17). The van der Waals surface area contributed by atoms with Crippen LogP contribution in [-0.2, 0) is 9.59 Å². The molecule has 5 heteroatoms. The van der Waals surface area contributed by atoms with E-state index in [1.54, 1.807) is 13.8 Å². The highest BCUT2D eigenvalue weighted by molar-refractivity contribution is 5.93. The molecule has 4 N–H and O–H groups in total.